The average Bonchev–Trinajstić information content (AvgIpc) is 2.63. The van der Waals surface area contributed by atoms with Crippen molar-refractivity contribution in [3.05, 3.63) is 108 Å². The van der Waals surface area contributed by atoms with Crippen LogP contribution in [0.25, 0.3) is 0 Å². The van der Waals surface area contributed by atoms with Gasteiger partial charge in [-0.2, -0.15) is 0 Å². The Morgan fingerprint density at radius 3 is 1.50 bits per heavy atom. The van der Waals surface area contributed by atoms with Crippen LogP contribution in [0, 0.1) is 0 Å². The molecule has 0 aliphatic rings. The lowest BCUT2D eigenvalue weighted by Gasteiger charge is -2.35. The van der Waals surface area contributed by atoms with Gasteiger partial charge < -0.3 is 10.8 Å². The second kappa shape index (κ2) is 8.11. The second-order valence-corrected chi connectivity index (χ2v) is 5.79. The summed E-state index contributed by atoms with van der Waals surface area (Å²) in [5.74, 6) is 0. The molecule has 0 radical (unpaired) electrons. The molecular weight excluding hydrogens is 318 g/mol. The van der Waals surface area contributed by atoms with Crippen molar-refractivity contribution in [2.24, 2.45) is 5.73 Å². The highest BCUT2D eigenvalue weighted by atomic mass is 35.5. The third kappa shape index (κ3) is 3.68. The van der Waals surface area contributed by atoms with Crippen molar-refractivity contribution in [3.63, 3.8) is 0 Å². The minimum atomic E-state index is -1.22. The lowest BCUT2D eigenvalue weighted by Crippen LogP contribution is -2.47. The van der Waals surface area contributed by atoms with Gasteiger partial charge in [0.1, 0.15) is 5.60 Å². The Balaban J connectivity index is 0.00000208. The van der Waals surface area contributed by atoms with E-state index in [0.717, 1.165) is 16.7 Å². The maximum absolute atomic E-state index is 11.6. The van der Waals surface area contributed by atoms with Crippen LogP contribution in [0.15, 0.2) is 91.0 Å². The lowest BCUT2D eigenvalue weighted by atomic mass is 9.78. The average molecular weight is 340 g/mol. The Morgan fingerprint density at radius 1 is 0.708 bits per heavy atom. The van der Waals surface area contributed by atoms with Gasteiger partial charge in [0.15, 0.2) is 0 Å². The van der Waals surface area contributed by atoms with Gasteiger partial charge in [0.25, 0.3) is 0 Å². The van der Waals surface area contributed by atoms with E-state index in [2.05, 4.69) is 0 Å². The standard InChI is InChI=1S/C21H21NO.ClH/c22-20(16-17-10-4-1-5-11-17)21(23,18-12-6-2-7-13-18)19-14-8-3-9-15-19;/h1-15,20,23H,16,22H2;1H. The SMILES string of the molecule is Cl.NC(Cc1ccccc1)C(O)(c1ccccc1)c1ccccc1. The van der Waals surface area contributed by atoms with Gasteiger partial charge in [-0.15, -0.1) is 12.4 Å². The first kappa shape index (κ1) is 18.2. The predicted octanol–water partition coefficient (Wildman–Crippen LogP) is 3.91. The molecule has 0 amide bonds. The molecular formula is C21H22ClNO. The second-order valence-electron chi connectivity index (χ2n) is 5.79. The first-order chi connectivity index (χ1) is 11.2. The van der Waals surface area contributed by atoms with Gasteiger partial charge in [-0.25, -0.2) is 0 Å². The first-order valence-corrected chi connectivity index (χ1v) is 7.84. The van der Waals surface area contributed by atoms with Crippen LogP contribution in [0.2, 0.25) is 0 Å². The number of hydrogen-bond donors (Lipinski definition) is 2. The minimum absolute atomic E-state index is 0. The molecule has 124 valence electrons. The highest BCUT2D eigenvalue weighted by molar-refractivity contribution is 5.85. The molecule has 0 heterocycles. The Morgan fingerprint density at radius 2 is 1.08 bits per heavy atom. The molecule has 0 spiro atoms. The molecule has 3 N–H and O–H groups in total. The Kier molecular flexibility index (Phi) is 6.16. The normalized spacial score (nSPS) is 12.2. The van der Waals surface area contributed by atoms with Crippen LogP contribution in [0.3, 0.4) is 0 Å². The summed E-state index contributed by atoms with van der Waals surface area (Å²) in [4.78, 5) is 0. The van der Waals surface area contributed by atoms with E-state index in [0.29, 0.717) is 6.42 Å². The number of halogens is 1. The summed E-state index contributed by atoms with van der Waals surface area (Å²) in [5, 5.41) is 11.6. The maximum atomic E-state index is 11.6. The summed E-state index contributed by atoms with van der Waals surface area (Å²) in [6, 6.07) is 28.9. The van der Waals surface area contributed by atoms with E-state index in [1.807, 2.05) is 91.0 Å². The Bertz CT molecular complexity index is 692. The van der Waals surface area contributed by atoms with Crippen LogP contribution >= 0.6 is 12.4 Å². The molecule has 1 unspecified atom stereocenters. The van der Waals surface area contributed by atoms with Gasteiger partial charge in [-0.3, -0.25) is 0 Å². The zero-order valence-electron chi connectivity index (χ0n) is 13.4. The zero-order chi connectivity index (χ0) is 16.1. The van der Waals surface area contributed by atoms with Crippen LogP contribution in [0.4, 0.5) is 0 Å². The van der Waals surface area contributed by atoms with E-state index in [1.54, 1.807) is 0 Å². The zero-order valence-corrected chi connectivity index (χ0v) is 14.2. The maximum Gasteiger partial charge on any atom is 0.130 e. The summed E-state index contributed by atoms with van der Waals surface area (Å²) in [7, 11) is 0. The fourth-order valence-electron chi connectivity index (χ4n) is 3.00. The molecule has 0 saturated carbocycles. The molecule has 0 bridgehead atoms. The highest BCUT2D eigenvalue weighted by Crippen LogP contribution is 2.33. The smallest absolute Gasteiger partial charge is 0.130 e. The van der Waals surface area contributed by atoms with Crippen molar-refractivity contribution in [2.45, 2.75) is 18.1 Å². The van der Waals surface area contributed by atoms with Crippen LogP contribution in [-0.4, -0.2) is 11.1 Å². The van der Waals surface area contributed by atoms with Gasteiger partial charge in [0.05, 0.1) is 0 Å². The van der Waals surface area contributed by atoms with Gasteiger partial charge >= 0.3 is 0 Å². The van der Waals surface area contributed by atoms with E-state index in [9.17, 15) is 5.11 Å². The molecule has 2 nitrogen and oxygen atoms in total. The fourth-order valence-corrected chi connectivity index (χ4v) is 3.00. The quantitative estimate of drug-likeness (QED) is 0.740. The number of rotatable bonds is 5. The Hall–Kier alpha value is -2.13. The molecule has 3 aromatic carbocycles. The summed E-state index contributed by atoms with van der Waals surface area (Å²) in [6.45, 7) is 0. The minimum Gasteiger partial charge on any atom is -0.379 e. The highest BCUT2D eigenvalue weighted by Gasteiger charge is 2.37. The largest absolute Gasteiger partial charge is 0.379 e. The molecule has 0 aliphatic carbocycles. The van der Waals surface area contributed by atoms with Crippen molar-refractivity contribution in [3.8, 4) is 0 Å². The van der Waals surface area contributed by atoms with Crippen molar-refractivity contribution in [1.82, 2.24) is 0 Å². The number of aliphatic hydroxyl groups is 1. The van der Waals surface area contributed by atoms with E-state index < -0.39 is 11.6 Å². The van der Waals surface area contributed by atoms with Crippen LogP contribution < -0.4 is 5.73 Å². The third-order valence-corrected chi connectivity index (χ3v) is 4.26. The molecule has 0 aliphatic heterocycles. The van der Waals surface area contributed by atoms with Gasteiger partial charge in [-0.1, -0.05) is 91.0 Å². The van der Waals surface area contributed by atoms with E-state index in [4.69, 9.17) is 5.73 Å². The van der Waals surface area contributed by atoms with Gasteiger partial charge in [0.2, 0.25) is 0 Å². The monoisotopic (exact) mass is 339 g/mol. The lowest BCUT2D eigenvalue weighted by molar-refractivity contribution is 0.0516. The molecule has 0 fully saturated rings. The van der Waals surface area contributed by atoms with Crippen molar-refractivity contribution >= 4 is 12.4 Å². The molecule has 3 rings (SSSR count). The first-order valence-electron chi connectivity index (χ1n) is 7.84. The molecule has 0 saturated heterocycles. The summed E-state index contributed by atoms with van der Waals surface area (Å²) < 4.78 is 0. The molecule has 24 heavy (non-hydrogen) atoms. The van der Waals surface area contributed by atoms with Crippen LogP contribution in [0.1, 0.15) is 16.7 Å². The summed E-state index contributed by atoms with van der Waals surface area (Å²) in [6.07, 6.45) is 0.598. The molecule has 0 aromatic heterocycles. The Labute approximate surface area is 149 Å². The topological polar surface area (TPSA) is 46.2 Å². The van der Waals surface area contributed by atoms with Gasteiger partial charge in [-0.05, 0) is 23.1 Å². The van der Waals surface area contributed by atoms with E-state index in [1.165, 1.54) is 0 Å². The fraction of sp³-hybridized carbons (Fsp3) is 0.143. The summed E-state index contributed by atoms with van der Waals surface area (Å²) in [5.41, 5.74) is 8.02. The number of hydrogen-bond acceptors (Lipinski definition) is 2. The van der Waals surface area contributed by atoms with Gasteiger partial charge in [0, 0.05) is 6.04 Å². The molecule has 1 atom stereocenters. The van der Waals surface area contributed by atoms with Crippen molar-refractivity contribution in [2.75, 3.05) is 0 Å². The van der Waals surface area contributed by atoms with Crippen molar-refractivity contribution < 1.29 is 5.11 Å². The van der Waals surface area contributed by atoms with Crippen molar-refractivity contribution in [1.29, 1.82) is 0 Å². The van der Waals surface area contributed by atoms with E-state index >= 15 is 0 Å². The number of benzene rings is 3. The van der Waals surface area contributed by atoms with E-state index in [-0.39, 0.29) is 12.4 Å². The predicted molar refractivity (Wildman–Crippen MR) is 101 cm³/mol. The summed E-state index contributed by atoms with van der Waals surface area (Å²) >= 11 is 0. The molecule has 3 heteroatoms. The molecule has 3 aromatic rings. The third-order valence-electron chi connectivity index (χ3n) is 4.26. The van der Waals surface area contributed by atoms with Crippen LogP contribution in [0.5, 0.6) is 0 Å². The van der Waals surface area contributed by atoms with Crippen LogP contribution in [-0.2, 0) is 12.0 Å². The number of nitrogens with two attached hydrogens (primary N) is 1.